The average Bonchev–Trinajstić information content (AvgIpc) is 2.80. The third-order valence-electron chi connectivity index (χ3n) is 5.35. The molecule has 2 saturated carbocycles. The van der Waals surface area contributed by atoms with E-state index >= 15 is 0 Å². The molecule has 0 unspecified atom stereocenters. The van der Waals surface area contributed by atoms with Crippen molar-refractivity contribution in [3.8, 4) is 12.3 Å². The lowest BCUT2D eigenvalue weighted by atomic mass is 9.54. The van der Waals surface area contributed by atoms with Gasteiger partial charge in [0.15, 0.2) is 5.65 Å². The number of hydrogen-bond donors (Lipinski definition) is 1. The zero-order valence-corrected chi connectivity index (χ0v) is 13.8. The Labute approximate surface area is 137 Å². The minimum atomic E-state index is 0.517. The van der Waals surface area contributed by atoms with E-state index in [1.807, 2.05) is 32.1 Å². The van der Waals surface area contributed by atoms with Crippen LogP contribution in [-0.2, 0) is 0 Å². The fourth-order valence-electron chi connectivity index (χ4n) is 4.07. The van der Waals surface area contributed by atoms with Crippen LogP contribution in [0.3, 0.4) is 0 Å². The molecule has 0 saturated heterocycles. The molecule has 2 fully saturated rings. The van der Waals surface area contributed by atoms with Crippen LogP contribution in [0.15, 0.2) is 12.1 Å². The topological polar surface area (TPSA) is 42.2 Å². The van der Waals surface area contributed by atoms with Gasteiger partial charge in [0, 0.05) is 12.1 Å². The monoisotopic (exact) mass is 306 g/mol. The fraction of sp³-hybridized carbons (Fsp3) is 0.474. The SMILES string of the molecule is C#Cc1c(/C=C\C)c(NC2CC3(CCC3)C2)nc2cc(C)nn12. The lowest BCUT2D eigenvalue weighted by Gasteiger charge is -2.54. The Morgan fingerprint density at radius 1 is 1.43 bits per heavy atom. The van der Waals surface area contributed by atoms with Gasteiger partial charge in [-0.3, -0.25) is 0 Å². The predicted octanol–water partition coefficient (Wildman–Crippen LogP) is 3.80. The summed E-state index contributed by atoms with van der Waals surface area (Å²) in [6.45, 7) is 3.96. The molecule has 0 aromatic carbocycles. The fourth-order valence-corrected chi connectivity index (χ4v) is 4.07. The van der Waals surface area contributed by atoms with Crippen molar-refractivity contribution in [3.63, 3.8) is 0 Å². The van der Waals surface area contributed by atoms with E-state index in [4.69, 9.17) is 11.4 Å². The van der Waals surface area contributed by atoms with Crippen LogP contribution in [-0.4, -0.2) is 20.6 Å². The number of hydrogen-bond acceptors (Lipinski definition) is 3. The Balaban J connectivity index is 1.72. The van der Waals surface area contributed by atoms with Gasteiger partial charge in [-0.05, 0) is 50.9 Å². The van der Waals surface area contributed by atoms with E-state index in [1.165, 1.54) is 32.1 Å². The molecule has 118 valence electrons. The molecule has 2 aliphatic rings. The van der Waals surface area contributed by atoms with Crippen LogP contribution in [0.5, 0.6) is 0 Å². The summed E-state index contributed by atoms with van der Waals surface area (Å²) in [5.41, 5.74) is 4.10. The molecule has 2 aromatic heterocycles. The summed E-state index contributed by atoms with van der Waals surface area (Å²) in [5.74, 6) is 3.69. The van der Waals surface area contributed by atoms with Gasteiger partial charge in [-0.2, -0.15) is 5.10 Å². The summed E-state index contributed by atoms with van der Waals surface area (Å²) in [4.78, 5) is 4.78. The van der Waals surface area contributed by atoms with Crippen LogP contribution in [0.2, 0.25) is 0 Å². The van der Waals surface area contributed by atoms with Gasteiger partial charge in [-0.25, -0.2) is 9.50 Å². The van der Waals surface area contributed by atoms with E-state index in [0.29, 0.717) is 11.5 Å². The summed E-state index contributed by atoms with van der Waals surface area (Å²) < 4.78 is 1.77. The molecule has 0 aliphatic heterocycles. The third kappa shape index (κ3) is 2.23. The molecular weight excluding hydrogens is 284 g/mol. The maximum Gasteiger partial charge on any atom is 0.159 e. The number of allylic oxidation sites excluding steroid dienone is 1. The second-order valence-electron chi connectivity index (χ2n) is 7.03. The van der Waals surface area contributed by atoms with Crippen molar-refractivity contribution < 1.29 is 0 Å². The molecule has 2 aliphatic carbocycles. The Morgan fingerprint density at radius 2 is 2.22 bits per heavy atom. The second-order valence-corrected chi connectivity index (χ2v) is 7.03. The first kappa shape index (κ1) is 14.3. The molecule has 4 nitrogen and oxygen atoms in total. The summed E-state index contributed by atoms with van der Waals surface area (Å²) in [5, 5.41) is 8.11. The normalized spacial score (nSPS) is 19.7. The van der Waals surface area contributed by atoms with Crippen molar-refractivity contribution >= 4 is 17.5 Å². The molecule has 4 heteroatoms. The number of aryl methyl sites for hydroxylation is 1. The van der Waals surface area contributed by atoms with Gasteiger partial charge in [-0.1, -0.05) is 18.6 Å². The van der Waals surface area contributed by atoms with Crippen molar-refractivity contribution in [2.24, 2.45) is 5.41 Å². The van der Waals surface area contributed by atoms with E-state index in [2.05, 4.69) is 16.3 Å². The largest absolute Gasteiger partial charge is 0.367 e. The highest BCUT2D eigenvalue weighted by molar-refractivity contribution is 5.71. The first-order chi connectivity index (χ1) is 11.1. The van der Waals surface area contributed by atoms with Crippen LogP contribution >= 0.6 is 0 Å². The van der Waals surface area contributed by atoms with Crippen LogP contribution in [0.1, 0.15) is 56.0 Å². The van der Waals surface area contributed by atoms with E-state index in [-0.39, 0.29) is 0 Å². The van der Waals surface area contributed by atoms with Gasteiger partial charge in [0.25, 0.3) is 0 Å². The molecule has 2 aromatic rings. The summed E-state index contributed by atoms with van der Waals surface area (Å²) in [6.07, 6.45) is 16.5. The number of rotatable bonds is 3. The lowest BCUT2D eigenvalue weighted by Crippen LogP contribution is -2.49. The van der Waals surface area contributed by atoms with Gasteiger partial charge < -0.3 is 5.32 Å². The van der Waals surface area contributed by atoms with Gasteiger partial charge in [-0.15, -0.1) is 6.42 Å². The highest BCUT2D eigenvalue weighted by atomic mass is 15.3. The van der Waals surface area contributed by atoms with Crippen molar-refractivity contribution in [3.05, 3.63) is 29.1 Å². The van der Waals surface area contributed by atoms with E-state index in [9.17, 15) is 0 Å². The summed E-state index contributed by atoms with van der Waals surface area (Å²) >= 11 is 0. The molecule has 1 N–H and O–H groups in total. The van der Waals surface area contributed by atoms with Gasteiger partial charge in [0.05, 0.1) is 11.3 Å². The van der Waals surface area contributed by atoms with Crippen LogP contribution < -0.4 is 5.32 Å². The zero-order chi connectivity index (χ0) is 16.0. The highest BCUT2D eigenvalue weighted by Gasteiger charge is 2.48. The van der Waals surface area contributed by atoms with Gasteiger partial charge >= 0.3 is 0 Å². The van der Waals surface area contributed by atoms with E-state index in [1.54, 1.807) is 4.52 Å². The molecule has 2 heterocycles. The number of nitrogens with one attached hydrogen (secondary N) is 1. The number of fused-ring (bicyclic) bond motifs is 1. The molecule has 0 bridgehead atoms. The van der Waals surface area contributed by atoms with Crippen molar-refractivity contribution in [2.45, 2.75) is 52.0 Å². The minimum absolute atomic E-state index is 0.517. The molecular formula is C19H22N4. The minimum Gasteiger partial charge on any atom is -0.367 e. The Bertz CT molecular complexity index is 825. The lowest BCUT2D eigenvalue weighted by molar-refractivity contribution is 0.0191. The van der Waals surface area contributed by atoms with Crippen LogP contribution in [0.4, 0.5) is 5.82 Å². The third-order valence-corrected chi connectivity index (χ3v) is 5.35. The molecule has 0 radical (unpaired) electrons. The zero-order valence-electron chi connectivity index (χ0n) is 13.8. The maximum atomic E-state index is 5.78. The van der Waals surface area contributed by atoms with Crippen molar-refractivity contribution in [2.75, 3.05) is 5.32 Å². The number of aromatic nitrogens is 3. The maximum absolute atomic E-state index is 5.78. The van der Waals surface area contributed by atoms with E-state index in [0.717, 1.165) is 28.4 Å². The Kier molecular flexibility index (Phi) is 3.19. The Morgan fingerprint density at radius 3 is 2.83 bits per heavy atom. The molecule has 0 atom stereocenters. The van der Waals surface area contributed by atoms with E-state index < -0.39 is 0 Å². The molecule has 4 rings (SSSR count). The first-order valence-corrected chi connectivity index (χ1v) is 8.40. The van der Waals surface area contributed by atoms with Crippen LogP contribution in [0.25, 0.3) is 11.7 Å². The molecule has 23 heavy (non-hydrogen) atoms. The van der Waals surface area contributed by atoms with Crippen molar-refractivity contribution in [1.29, 1.82) is 0 Å². The highest BCUT2D eigenvalue weighted by Crippen LogP contribution is 2.56. The van der Waals surface area contributed by atoms with Crippen LogP contribution in [0, 0.1) is 24.7 Å². The number of terminal acetylenes is 1. The summed E-state index contributed by atoms with van der Waals surface area (Å²) in [6, 6.07) is 2.49. The standard InChI is InChI=1S/C19H22N4/c1-4-7-15-16(5-2)23-17(10-13(3)22-23)21-18(15)20-14-11-19(12-14)8-6-9-19/h2,4,7,10,14H,6,8-9,11-12H2,1,3H3,(H,20,21)/b7-4-. The van der Waals surface area contributed by atoms with Gasteiger partial charge in [0.2, 0.25) is 0 Å². The van der Waals surface area contributed by atoms with Crippen molar-refractivity contribution in [1.82, 2.24) is 14.6 Å². The quantitative estimate of drug-likeness (QED) is 0.877. The summed E-state index contributed by atoms with van der Waals surface area (Å²) in [7, 11) is 0. The average molecular weight is 306 g/mol. The number of anilines is 1. The number of nitrogens with zero attached hydrogens (tertiary/aromatic N) is 3. The second kappa shape index (κ2) is 5.13. The smallest absolute Gasteiger partial charge is 0.159 e. The first-order valence-electron chi connectivity index (χ1n) is 8.40. The van der Waals surface area contributed by atoms with Gasteiger partial charge in [0.1, 0.15) is 11.5 Å². The molecule has 0 amide bonds. The Hall–Kier alpha value is -2.28. The predicted molar refractivity (Wildman–Crippen MR) is 93.3 cm³/mol. The molecule has 1 spiro atoms.